The molecule has 0 amide bonds. The van der Waals surface area contributed by atoms with Crippen molar-refractivity contribution < 1.29 is 0 Å². The van der Waals surface area contributed by atoms with Gasteiger partial charge in [-0.3, -0.25) is 4.79 Å². The molecule has 2 aromatic rings. The molecule has 0 aromatic carbocycles. The number of aromatic nitrogens is 4. The lowest BCUT2D eigenvalue weighted by molar-refractivity contribution is 0.311. The van der Waals surface area contributed by atoms with Crippen LogP contribution >= 0.6 is 0 Å². The van der Waals surface area contributed by atoms with Gasteiger partial charge >= 0.3 is 0 Å². The van der Waals surface area contributed by atoms with Gasteiger partial charge < -0.3 is 9.88 Å². The summed E-state index contributed by atoms with van der Waals surface area (Å²) in [7, 11) is 0. The Morgan fingerprint density at radius 3 is 2.95 bits per heavy atom. The molecule has 1 saturated carbocycles. The molecule has 1 N–H and O–H groups in total. The quantitative estimate of drug-likeness (QED) is 0.915. The largest absolute Gasteiger partial charge is 0.316 e. The van der Waals surface area contributed by atoms with E-state index in [1.165, 1.54) is 23.7 Å². The monoisotopic (exact) mass is 287 g/mol. The van der Waals surface area contributed by atoms with Crippen molar-refractivity contribution in [3.05, 3.63) is 28.4 Å². The summed E-state index contributed by atoms with van der Waals surface area (Å²) >= 11 is 0. The average Bonchev–Trinajstić information content (AvgIpc) is 3.16. The minimum Gasteiger partial charge on any atom is -0.316 e. The molecule has 2 aromatic heterocycles. The van der Waals surface area contributed by atoms with Gasteiger partial charge in [0.05, 0.1) is 0 Å². The van der Waals surface area contributed by atoms with Crippen LogP contribution in [0, 0.1) is 11.8 Å². The topological polar surface area (TPSA) is 64.2 Å². The van der Waals surface area contributed by atoms with Gasteiger partial charge in [0.1, 0.15) is 6.33 Å². The van der Waals surface area contributed by atoms with Gasteiger partial charge in [0, 0.05) is 24.3 Å². The first-order chi connectivity index (χ1) is 10.1. The van der Waals surface area contributed by atoms with Crippen molar-refractivity contribution in [2.75, 3.05) is 6.54 Å². The Labute approximate surface area is 123 Å². The van der Waals surface area contributed by atoms with Crippen molar-refractivity contribution in [2.24, 2.45) is 11.8 Å². The molecule has 21 heavy (non-hydrogen) atoms. The van der Waals surface area contributed by atoms with E-state index in [0.717, 1.165) is 24.6 Å². The van der Waals surface area contributed by atoms with Crippen LogP contribution in [0.1, 0.15) is 38.2 Å². The summed E-state index contributed by atoms with van der Waals surface area (Å²) < 4.78 is 3.58. The number of hydrogen-bond acceptors (Lipinski definition) is 4. The standard InChI is InChI=1S/C15H21N5O/c1-9(2)13-7-19(15-17-8-18-20(15)14(13)21)6-11-4-12-3-10(11)5-16-12/h7-12,16H,3-6H2,1-2H3/t10-,11-,12-/m0/s1. The fourth-order valence-corrected chi connectivity index (χ4v) is 3.93. The smallest absolute Gasteiger partial charge is 0.279 e. The Morgan fingerprint density at radius 1 is 1.43 bits per heavy atom. The summed E-state index contributed by atoms with van der Waals surface area (Å²) in [6.45, 7) is 6.16. The lowest BCUT2D eigenvalue weighted by Gasteiger charge is -2.24. The highest BCUT2D eigenvalue weighted by Crippen LogP contribution is 2.37. The third-order valence-electron chi connectivity index (χ3n) is 5.08. The van der Waals surface area contributed by atoms with E-state index in [-0.39, 0.29) is 11.5 Å². The second kappa shape index (κ2) is 4.66. The Balaban J connectivity index is 1.75. The van der Waals surface area contributed by atoms with Crippen LogP contribution < -0.4 is 10.9 Å². The third kappa shape index (κ3) is 2.00. The first kappa shape index (κ1) is 13.0. The molecule has 6 nitrogen and oxygen atoms in total. The van der Waals surface area contributed by atoms with E-state index in [0.29, 0.717) is 17.7 Å². The minimum atomic E-state index is -0.0386. The average molecular weight is 287 g/mol. The van der Waals surface area contributed by atoms with Crippen molar-refractivity contribution in [1.82, 2.24) is 24.5 Å². The zero-order valence-electron chi connectivity index (χ0n) is 12.5. The molecule has 2 bridgehead atoms. The van der Waals surface area contributed by atoms with Crippen LogP contribution in [0.3, 0.4) is 0 Å². The SMILES string of the molecule is CC(C)c1cn(C[C@@H]2C[C@@H]3C[C@H]2CN3)c2ncnn2c1=O. The van der Waals surface area contributed by atoms with E-state index in [9.17, 15) is 4.79 Å². The van der Waals surface area contributed by atoms with E-state index in [1.807, 2.05) is 20.0 Å². The number of nitrogens with one attached hydrogen (secondary N) is 1. The molecule has 3 atom stereocenters. The van der Waals surface area contributed by atoms with E-state index < -0.39 is 0 Å². The Hall–Kier alpha value is -1.69. The number of nitrogens with zero attached hydrogens (tertiary/aromatic N) is 4. The van der Waals surface area contributed by atoms with Crippen LogP contribution in [0.15, 0.2) is 17.3 Å². The van der Waals surface area contributed by atoms with E-state index in [1.54, 1.807) is 0 Å². The zero-order valence-corrected chi connectivity index (χ0v) is 12.5. The summed E-state index contributed by atoms with van der Waals surface area (Å²) in [5.74, 6) is 2.30. The number of fused-ring (bicyclic) bond motifs is 3. The van der Waals surface area contributed by atoms with Gasteiger partial charge in [0.25, 0.3) is 5.56 Å². The fraction of sp³-hybridized carbons (Fsp3) is 0.667. The number of rotatable bonds is 3. The summed E-state index contributed by atoms with van der Waals surface area (Å²) in [6.07, 6.45) is 6.00. The highest BCUT2D eigenvalue weighted by Gasteiger charge is 2.39. The molecule has 1 saturated heterocycles. The summed E-state index contributed by atoms with van der Waals surface area (Å²) in [4.78, 5) is 16.7. The maximum Gasteiger partial charge on any atom is 0.279 e. The third-order valence-corrected chi connectivity index (χ3v) is 5.08. The van der Waals surface area contributed by atoms with Crippen LogP contribution in [0.4, 0.5) is 0 Å². The van der Waals surface area contributed by atoms with Gasteiger partial charge in [-0.1, -0.05) is 13.8 Å². The van der Waals surface area contributed by atoms with Gasteiger partial charge in [-0.25, -0.2) is 0 Å². The predicted octanol–water partition coefficient (Wildman–Crippen LogP) is 1.01. The van der Waals surface area contributed by atoms with Crippen molar-refractivity contribution in [2.45, 2.75) is 45.2 Å². The molecule has 2 fully saturated rings. The van der Waals surface area contributed by atoms with E-state index in [2.05, 4.69) is 20.0 Å². The lowest BCUT2D eigenvalue weighted by atomic mass is 9.95. The molecule has 3 heterocycles. The Bertz CT molecular complexity index is 731. The van der Waals surface area contributed by atoms with E-state index >= 15 is 0 Å². The maximum atomic E-state index is 12.4. The summed E-state index contributed by atoms with van der Waals surface area (Å²) in [6, 6.07) is 0.692. The minimum absolute atomic E-state index is 0.0386. The molecule has 6 heteroatoms. The lowest BCUT2D eigenvalue weighted by Crippen LogP contribution is -2.32. The molecular formula is C15H21N5O. The Kier molecular flexibility index (Phi) is 2.89. The molecular weight excluding hydrogens is 266 g/mol. The number of piperidine rings is 1. The van der Waals surface area contributed by atoms with Crippen molar-refractivity contribution in [1.29, 1.82) is 0 Å². The summed E-state index contributed by atoms with van der Waals surface area (Å²) in [5.41, 5.74) is 0.776. The molecule has 112 valence electrons. The van der Waals surface area contributed by atoms with Crippen molar-refractivity contribution in [3.63, 3.8) is 0 Å². The Morgan fingerprint density at radius 2 is 2.29 bits per heavy atom. The van der Waals surface area contributed by atoms with Gasteiger partial charge in [-0.2, -0.15) is 14.6 Å². The highest BCUT2D eigenvalue weighted by molar-refractivity contribution is 5.30. The van der Waals surface area contributed by atoms with Crippen molar-refractivity contribution in [3.8, 4) is 0 Å². The second-order valence-electron chi connectivity index (χ2n) is 6.77. The van der Waals surface area contributed by atoms with Gasteiger partial charge in [-0.15, -0.1) is 0 Å². The molecule has 4 rings (SSSR count). The first-order valence-electron chi connectivity index (χ1n) is 7.80. The number of hydrogen-bond donors (Lipinski definition) is 1. The molecule has 0 radical (unpaired) electrons. The highest BCUT2D eigenvalue weighted by atomic mass is 16.1. The molecule has 0 unspecified atom stereocenters. The predicted molar refractivity (Wildman–Crippen MR) is 79.3 cm³/mol. The normalized spacial score (nSPS) is 28.0. The zero-order chi connectivity index (χ0) is 14.6. The van der Waals surface area contributed by atoms with Crippen LogP contribution in [0.2, 0.25) is 0 Å². The fourth-order valence-electron chi connectivity index (χ4n) is 3.93. The first-order valence-corrected chi connectivity index (χ1v) is 7.80. The van der Waals surface area contributed by atoms with Crippen LogP contribution in [0.5, 0.6) is 0 Å². The molecule has 1 aliphatic carbocycles. The van der Waals surface area contributed by atoms with Gasteiger partial charge in [-0.05, 0) is 37.1 Å². The van der Waals surface area contributed by atoms with Crippen LogP contribution in [-0.4, -0.2) is 31.8 Å². The van der Waals surface area contributed by atoms with Crippen LogP contribution in [-0.2, 0) is 6.54 Å². The molecule has 2 aliphatic rings. The second-order valence-corrected chi connectivity index (χ2v) is 6.77. The van der Waals surface area contributed by atoms with Gasteiger partial charge in [0.15, 0.2) is 0 Å². The van der Waals surface area contributed by atoms with E-state index in [4.69, 9.17) is 0 Å². The summed E-state index contributed by atoms with van der Waals surface area (Å²) in [5, 5.41) is 7.65. The molecule has 0 spiro atoms. The van der Waals surface area contributed by atoms with Gasteiger partial charge in [0.2, 0.25) is 5.78 Å². The van der Waals surface area contributed by atoms with Crippen LogP contribution in [0.25, 0.3) is 5.78 Å². The molecule has 1 aliphatic heterocycles. The maximum absolute atomic E-state index is 12.4. The van der Waals surface area contributed by atoms with Crippen molar-refractivity contribution >= 4 is 5.78 Å².